The standard InChI is InChI=1S/C12H18N4O.2ClH/c17-12(1-3-15-4-2-13-9-15)16-7-10-5-14-6-11(10)8-16;;/h2,4,9-11,14H,1,3,5-8H2;2*1H/t10-,11+;;. The molecule has 0 saturated carbocycles. The summed E-state index contributed by atoms with van der Waals surface area (Å²) in [5.74, 6) is 1.66. The summed E-state index contributed by atoms with van der Waals surface area (Å²) >= 11 is 0. The summed E-state index contributed by atoms with van der Waals surface area (Å²) in [4.78, 5) is 18.1. The molecule has 2 aliphatic rings. The molecule has 0 aliphatic carbocycles. The van der Waals surface area contributed by atoms with Crippen LogP contribution in [0.25, 0.3) is 0 Å². The third kappa shape index (κ3) is 3.61. The van der Waals surface area contributed by atoms with Crippen molar-refractivity contribution in [3.05, 3.63) is 18.7 Å². The summed E-state index contributed by atoms with van der Waals surface area (Å²) in [7, 11) is 0. The van der Waals surface area contributed by atoms with E-state index in [-0.39, 0.29) is 30.7 Å². The number of carbonyl (C=O) groups excluding carboxylic acids is 1. The number of rotatable bonds is 3. The van der Waals surface area contributed by atoms with Gasteiger partial charge >= 0.3 is 0 Å². The highest BCUT2D eigenvalue weighted by Gasteiger charge is 2.37. The van der Waals surface area contributed by atoms with E-state index in [1.807, 2.05) is 15.7 Å². The minimum Gasteiger partial charge on any atom is -0.342 e. The molecule has 1 amide bonds. The summed E-state index contributed by atoms with van der Waals surface area (Å²) in [6, 6.07) is 0. The second-order valence-electron chi connectivity index (χ2n) is 5.03. The van der Waals surface area contributed by atoms with Crippen LogP contribution in [0.5, 0.6) is 0 Å². The van der Waals surface area contributed by atoms with Gasteiger partial charge in [0.2, 0.25) is 5.91 Å². The molecule has 0 unspecified atom stereocenters. The van der Waals surface area contributed by atoms with Crippen molar-refractivity contribution in [3.8, 4) is 0 Å². The molecule has 7 heteroatoms. The van der Waals surface area contributed by atoms with E-state index in [0.29, 0.717) is 18.3 Å². The number of fused-ring (bicyclic) bond motifs is 1. The van der Waals surface area contributed by atoms with Crippen LogP contribution < -0.4 is 5.32 Å². The van der Waals surface area contributed by atoms with Gasteiger partial charge in [0.15, 0.2) is 0 Å². The van der Waals surface area contributed by atoms with Crippen molar-refractivity contribution in [2.75, 3.05) is 26.2 Å². The Labute approximate surface area is 125 Å². The van der Waals surface area contributed by atoms with Crippen LogP contribution in [0.15, 0.2) is 18.7 Å². The number of hydrogen-bond donors (Lipinski definition) is 1. The number of carbonyl (C=O) groups is 1. The molecule has 2 aliphatic heterocycles. The van der Waals surface area contributed by atoms with Crippen molar-refractivity contribution in [3.63, 3.8) is 0 Å². The molecule has 0 bridgehead atoms. The maximum atomic E-state index is 12.0. The Morgan fingerprint density at radius 1 is 1.26 bits per heavy atom. The normalized spacial score (nSPS) is 24.5. The summed E-state index contributed by atoms with van der Waals surface area (Å²) in [6.45, 7) is 4.79. The van der Waals surface area contributed by atoms with Gasteiger partial charge in [0.25, 0.3) is 0 Å². The predicted octanol–water partition coefficient (Wildman–Crippen LogP) is 0.795. The van der Waals surface area contributed by atoms with Crippen molar-refractivity contribution < 1.29 is 4.79 Å². The fourth-order valence-electron chi connectivity index (χ4n) is 2.86. The van der Waals surface area contributed by atoms with Crippen LogP contribution in [-0.2, 0) is 11.3 Å². The van der Waals surface area contributed by atoms with Crippen LogP contribution in [0.3, 0.4) is 0 Å². The Morgan fingerprint density at radius 3 is 2.53 bits per heavy atom. The molecule has 0 radical (unpaired) electrons. The first-order valence-electron chi connectivity index (χ1n) is 6.27. The van der Waals surface area contributed by atoms with Crippen LogP contribution >= 0.6 is 24.8 Å². The summed E-state index contributed by atoms with van der Waals surface area (Å²) in [6.07, 6.45) is 5.99. The fraction of sp³-hybridized carbons (Fsp3) is 0.667. The zero-order chi connectivity index (χ0) is 11.7. The maximum absolute atomic E-state index is 12.0. The van der Waals surface area contributed by atoms with E-state index in [1.54, 1.807) is 12.5 Å². The number of hydrogen-bond acceptors (Lipinski definition) is 3. The van der Waals surface area contributed by atoms with Gasteiger partial charge in [0.05, 0.1) is 6.33 Å². The number of nitrogens with one attached hydrogen (secondary N) is 1. The highest BCUT2D eigenvalue weighted by molar-refractivity contribution is 5.85. The first-order valence-corrected chi connectivity index (χ1v) is 6.27. The summed E-state index contributed by atoms with van der Waals surface area (Å²) in [5.41, 5.74) is 0. The van der Waals surface area contributed by atoms with Crippen LogP contribution in [0.2, 0.25) is 0 Å². The number of aromatic nitrogens is 2. The van der Waals surface area contributed by atoms with E-state index in [2.05, 4.69) is 10.3 Å². The molecule has 1 aromatic heterocycles. The predicted molar refractivity (Wildman–Crippen MR) is 77.8 cm³/mol. The maximum Gasteiger partial charge on any atom is 0.224 e. The largest absolute Gasteiger partial charge is 0.342 e. The highest BCUT2D eigenvalue weighted by atomic mass is 35.5. The number of nitrogens with zero attached hydrogens (tertiary/aromatic N) is 3. The van der Waals surface area contributed by atoms with Gasteiger partial charge in [-0.15, -0.1) is 24.8 Å². The molecule has 2 atom stereocenters. The fourth-order valence-corrected chi connectivity index (χ4v) is 2.86. The van der Waals surface area contributed by atoms with Crippen molar-refractivity contribution in [2.24, 2.45) is 11.8 Å². The van der Waals surface area contributed by atoms with Crippen molar-refractivity contribution in [1.29, 1.82) is 0 Å². The number of likely N-dealkylation sites (tertiary alicyclic amines) is 1. The molecule has 5 nitrogen and oxygen atoms in total. The molecule has 3 rings (SSSR count). The van der Waals surface area contributed by atoms with E-state index in [4.69, 9.17) is 0 Å². The highest BCUT2D eigenvalue weighted by Crippen LogP contribution is 2.26. The zero-order valence-electron chi connectivity index (χ0n) is 10.7. The van der Waals surface area contributed by atoms with E-state index in [1.165, 1.54) is 0 Å². The van der Waals surface area contributed by atoms with Crippen LogP contribution in [0, 0.1) is 11.8 Å². The molecule has 2 saturated heterocycles. The molecule has 3 heterocycles. The van der Waals surface area contributed by atoms with Gasteiger partial charge in [-0.2, -0.15) is 0 Å². The topological polar surface area (TPSA) is 50.2 Å². The van der Waals surface area contributed by atoms with Gasteiger partial charge in [-0.25, -0.2) is 4.98 Å². The summed E-state index contributed by atoms with van der Waals surface area (Å²) in [5, 5.41) is 3.39. The average molecular weight is 307 g/mol. The van der Waals surface area contributed by atoms with E-state index < -0.39 is 0 Å². The molecule has 19 heavy (non-hydrogen) atoms. The zero-order valence-corrected chi connectivity index (χ0v) is 12.3. The van der Waals surface area contributed by atoms with Crippen molar-refractivity contribution in [1.82, 2.24) is 19.8 Å². The van der Waals surface area contributed by atoms with Crippen molar-refractivity contribution in [2.45, 2.75) is 13.0 Å². The lowest BCUT2D eigenvalue weighted by atomic mass is 10.0. The Balaban J connectivity index is 0.000000902. The van der Waals surface area contributed by atoms with Gasteiger partial charge in [-0.05, 0) is 11.8 Å². The Hall–Kier alpha value is -0.780. The number of halogens is 2. The molecule has 1 aromatic rings. The van der Waals surface area contributed by atoms with E-state index >= 15 is 0 Å². The van der Waals surface area contributed by atoms with E-state index in [0.717, 1.165) is 32.7 Å². The molecule has 108 valence electrons. The Morgan fingerprint density at radius 2 is 1.95 bits per heavy atom. The number of aryl methyl sites for hydroxylation is 1. The molecular weight excluding hydrogens is 287 g/mol. The second kappa shape index (κ2) is 7.12. The lowest BCUT2D eigenvalue weighted by molar-refractivity contribution is -0.130. The number of imidazole rings is 1. The Kier molecular flexibility index (Phi) is 6.10. The van der Waals surface area contributed by atoms with Gasteiger partial charge in [-0.1, -0.05) is 0 Å². The van der Waals surface area contributed by atoms with Crippen LogP contribution in [-0.4, -0.2) is 46.5 Å². The lowest BCUT2D eigenvalue weighted by Crippen LogP contribution is -2.32. The molecule has 0 aromatic carbocycles. The molecule has 0 spiro atoms. The summed E-state index contributed by atoms with van der Waals surface area (Å²) < 4.78 is 1.95. The van der Waals surface area contributed by atoms with Gasteiger partial charge in [0, 0.05) is 51.5 Å². The van der Waals surface area contributed by atoms with Crippen LogP contribution in [0.1, 0.15) is 6.42 Å². The first-order chi connectivity index (χ1) is 8.33. The van der Waals surface area contributed by atoms with Gasteiger partial charge in [0.1, 0.15) is 0 Å². The molecular formula is C12H20Cl2N4O. The third-order valence-electron chi connectivity index (χ3n) is 3.89. The van der Waals surface area contributed by atoms with Crippen molar-refractivity contribution >= 4 is 30.7 Å². The van der Waals surface area contributed by atoms with E-state index in [9.17, 15) is 4.79 Å². The lowest BCUT2D eigenvalue weighted by Gasteiger charge is -2.17. The van der Waals surface area contributed by atoms with Crippen LogP contribution in [0.4, 0.5) is 0 Å². The Bertz CT molecular complexity index is 386. The first kappa shape index (κ1) is 16.3. The third-order valence-corrected chi connectivity index (χ3v) is 3.89. The second-order valence-corrected chi connectivity index (χ2v) is 5.03. The minimum atomic E-state index is 0. The van der Waals surface area contributed by atoms with Gasteiger partial charge < -0.3 is 14.8 Å². The SMILES string of the molecule is Cl.Cl.O=C(CCn1ccnc1)N1C[C@H]2CNC[C@H]2C1. The van der Waals surface area contributed by atoms with Gasteiger partial charge in [-0.3, -0.25) is 4.79 Å². The smallest absolute Gasteiger partial charge is 0.224 e. The quantitative estimate of drug-likeness (QED) is 0.898. The number of amides is 1. The average Bonchev–Trinajstić information content (AvgIpc) is 3.01. The molecule has 2 fully saturated rings. The minimum absolute atomic E-state index is 0. The monoisotopic (exact) mass is 306 g/mol. The molecule has 1 N–H and O–H groups in total.